The molecule has 0 unspecified atom stereocenters. The average Bonchev–Trinajstić information content (AvgIpc) is 2.39. The molecule has 2 N–H and O–H groups in total. The van der Waals surface area contributed by atoms with E-state index in [1.54, 1.807) is 0 Å². The molecule has 0 fully saturated rings. The van der Waals surface area contributed by atoms with Crippen molar-refractivity contribution in [1.82, 2.24) is 5.32 Å². The van der Waals surface area contributed by atoms with Crippen LogP contribution in [0.2, 0.25) is 0 Å². The number of hydrogen-bond donors (Lipinski definition) is 2. The highest BCUT2D eigenvalue weighted by Gasteiger charge is 2.18. The van der Waals surface area contributed by atoms with Crippen LogP contribution < -0.4 is 5.32 Å². The molecule has 0 radical (unpaired) electrons. The molecule has 0 heterocycles. The molecule has 0 bridgehead atoms. The third kappa shape index (κ3) is 5.25. The smallest absolute Gasteiger partial charge is 0.326 e. The van der Waals surface area contributed by atoms with Gasteiger partial charge in [0.1, 0.15) is 6.04 Å². The quantitative estimate of drug-likeness (QED) is 0.759. The van der Waals surface area contributed by atoms with Crippen molar-refractivity contribution in [3.8, 4) is 0 Å². The molecule has 5 heteroatoms. The van der Waals surface area contributed by atoms with E-state index >= 15 is 0 Å². The Morgan fingerprint density at radius 3 is 2.65 bits per heavy atom. The van der Waals surface area contributed by atoms with Crippen molar-refractivity contribution in [2.24, 2.45) is 0 Å². The summed E-state index contributed by atoms with van der Waals surface area (Å²) in [5.74, 6) is -0.980. The number of aliphatic carboxylic acids is 1. The maximum atomic E-state index is 11.8. The van der Waals surface area contributed by atoms with Crippen molar-refractivity contribution in [2.45, 2.75) is 44.6 Å². The molecule has 0 aliphatic heterocycles. The number of hydrogen-bond acceptors (Lipinski definition) is 3. The van der Waals surface area contributed by atoms with Crippen LogP contribution in [0, 0.1) is 13.8 Å². The zero-order chi connectivity index (χ0) is 15.1. The van der Waals surface area contributed by atoms with E-state index in [4.69, 9.17) is 5.11 Å². The summed E-state index contributed by atoms with van der Waals surface area (Å²) in [5.41, 5.74) is 2.27. The van der Waals surface area contributed by atoms with Gasteiger partial charge in [0, 0.05) is 4.90 Å². The van der Waals surface area contributed by atoms with Gasteiger partial charge in [0.05, 0.1) is 5.75 Å². The number of aryl methyl sites for hydroxylation is 2. The normalized spacial score (nSPS) is 11.9. The lowest BCUT2D eigenvalue weighted by molar-refractivity contribution is -0.141. The van der Waals surface area contributed by atoms with Crippen LogP contribution in [-0.2, 0) is 9.59 Å². The van der Waals surface area contributed by atoms with E-state index in [0.717, 1.165) is 22.4 Å². The Kier molecular flexibility index (Phi) is 6.58. The molecule has 110 valence electrons. The molecular formula is C15H21NO3S. The molecule has 4 nitrogen and oxygen atoms in total. The van der Waals surface area contributed by atoms with Crippen molar-refractivity contribution in [3.63, 3.8) is 0 Å². The van der Waals surface area contributed by atoms with E-state index in [1.165, 1.54) is 11.8 Å². The van der Waals surface area contributed by atoms with Crippen molar-refractivity contribution >= 4 is 23.6 Å². The molecule has 0 aliphatic carbocycles. The lowest BCUT2D eigenvalue weighted by Gasteiger charge is -2.13. The fourth-order valence-electron chi connectivity index (χ4n) is 1.79. The van der Waals surface area contributed by atoms with E-state index in [0.29, 0.717) is 6.42 Å². The standard InChI is InChI=1S/C15H21NO3S/c1-4-5-12(15(18)19)16-14(17)9-20-13-8-10(2)6-7-11(13)3/h6-8,12H,4-5,9H2,1-3H3,(H,16,17)(H,18,19)/t12-/m1/s1. The van der Waals surface area contributed by atoms with E-state index in [9.17, 15) is 9.59 Å². The first-order valence-electron chi connectivity index (χ1n) is 6.66. The molecule has 1 amide bonds. The SMILES string of the molecule is CCC[C@@H](NC(=O)CSc1cc(C)ccc1C)C(=O)O. The zero-order valence-corrected chi connectivity index (χ0v) is 12.9. The number of carbonyl (C=O) groups excluding carboxylic acids is 1. The maximum absolute atomic E-state index is 11.8. The Hall–Kier alpha value is -1.49. The number of carboxylic acid groups (broad SMARTS) is 1. The number of benzene rings is 1. The first kappa shape index (κ1) is 16.6. The molecule has 0 spiro atoms. The molecule has 0 aliphatic rings. The van der Waals surface area contributed by atoms with Gasteiger partial charge in [0.25, 0.3) is 0 Å². The van der Waals surface area contributed by atoms with Crippen LogP contribution in [0.5, 0.6) is 0 Å². The van der Waals surface area contributed by atoms with Crippen molar-refractivity contribution in [2.75, 3.05) is 5.75 Å². The average molecular weight is 295 g/mol. The second-order valence-electron chi connectivity index (χ2n) is 4.80. The Morgan fingerprint density at radius 2 is 2.05 bits per heavy atom. The van der Waals surface area contributed by atoms with Gasteiger partial charge in [-0.05, 0) is 31.9 Å². The third-order valence-corrected chi connectivity index (χ3v) is 4.07. The van der Waals surface area contributed by atoms with E-state index in [-0.39, 0.29) is 11.7 Å². The lowest BCUT2D eigenvalue weighted by Crippen LogP contribution is -2.41. The number of nitrogens with one attached hydrogen (secondary N) is 1. The van der Waals surface area contributed by atoms with Gasteiger partial charge < -0.3 is 10.4 Å². The third-order valence-electron chi connectivity index (χ3n) is 2.91. The van der Waals surface area contributed by atoms with Crippen molar-refractivity contribution in [1.29, 1.82) is 0 Å². The summed E-state index contributed by atoms with van der Waals surface area (Å²) < 4.78 is 0. The minimum atomic E-state index is -0.975. The minimum Gasteiger partial charge on any atom is -0.480 e. The Morgan fingerprint density at radius 1 is 1.35 bits per heavy atom. The molecule has 1 aromatic rings. The van der Waals surface area contributed by atoms with Crippen LogP contribution in [0.25, 0.3) is 0 Å². The molecule has 20 heavy (non-hydrogen) atoms. The summed E-state index contributed by atoms with van der Waals surface area (Å²) in [5, 5.41) is 11.6. The molecule has 0 saturated carbocycles. The zero-order valence-electron chi connectivity index (χ0n) is 12.1. The second kappa shape index (κ2) is 7.94. The van der Waals surface area contributed by atoms with E-state index in [2.05, 4.69) is 5.32 Å². The number of thioether (sulfide) groups is 1. The van der Waals surface area contributed by atoms with Crippen LogP contribution in [0.4, 0.5) is 0 Å². The number of amides is 1. The van der Waals surface area contributed by atoms with Gasteiger partial charge in [-0.2, -0.15) is 0 Å². The van der Waals surface area contributed by atoms with Gasteiger partial charge in [0.15, 0.2) is 0 Å². The maximum Gasteiger partial charge on any atom is 0.326 e. The number of carbonyl (C=O) groups is 2. The van der Waals surface area contributed by atoms with Gasteiger partial charge >= 0.3 is 5.97 Å². The van der Waals surface area contributed by atoms with Gasteiger partial charge in [-0.25, -0.2) is 4.79 Å². The van der Waals surface area contributed by atoms with Crippen LogP contribution in [0.1, 0.15) is 30.9 Å². The highest BCUT2D eigenvalue weighted by molar-refractivity contribution is 8.00. The molecule has 1 rings (SSSR count). The van der Waals surface area contributed by atoms with Gasteiger partial charge in [-0.1, -0.05) is 31.0 Å². The number of carboxylic acids is 1. The topological polar surface area (TPSA) is 66.4 Å². The monoisotopic (exact) mass is 295 g/mol. The van der Waals surface area contributed by atoms with Gasteiger partial charge in [-0.15, -0.1) is 11.8 Å². The molecular weight excluding hydrogens is 274 g/mol. The molecule has 1 aromatic carbocycles. The fourth-order valence-corrected chi connectivity index (χ4v) is 2.72. The Balaban J connectivity index is 2.54. The van der Waals surface area contributed by atoms with Crippen molar-refractivity contribution in [3.05, 3.63) is 29.3 Å². The molecule has 1 atom stereocenters. The molecule has 0 aromatic heterocycles. The highest BCUT2D eigenvalue weighted by Crippen LogP contribution is 2.23. The summed E-state index contributed by atoms with van der Waals surface area (Å²) in [6.07, 6.45) is 1.18. The molecule has 0 saturated heterocycles. The Labute approximate surface area is 124 Å². The predicted octanol–water partition coefficient (Wildman–Crippen LogP) is 2.77. The Bertz CT molecular complexity index is 488. The minimum absolute atomic E-state index is 0.234. The fraction of sp³-hybridized carbons (Fsp3) is 0.467. The lowest BCUT2D eigenvalue weighted by atomic mass is 10.2. The predicted molar refractivity (Wildman–Crippen MR) is 81.1 cm³/mol. The van der Waals surface area contributed by atoms with E-state index < -0.39 is 12.0 Å². The van der Waals surface area contributed by atoms with Crippen LogP contribution in [0.15, 0.2) is 23.1 Å². The van der Waals surface area contributed by atoms with Gasteiger partial charge in [0.2, 0.25) is 5.91 Å². The largest absolute Gasteiger partial charge is 0.480 e. The highest BCUT2D eigenvalue weighted by atomic mass is 32.2. The summed E-state index contributed by atoms with van der Waals surface area (Å²) in [7, 11) is 0. The van der Waals surface area contributed by atoms with E-state index in [1.807, 2.05) is 39.0 Å². The summed E-state index contributed by atoms with van der Waals surface area (Å²) in [4.78, 5) is 23.8. The first-order valence-corrected chi connectivity index (χ1v) is 7.64. The number of rotatable bonds is 7. The summed E-state index contributed by atoms with van der Waals surface area (Å²) in [6.45, 7) is 5.90. The van der Waals surface area contributed by atoms with Crippen LogP contribution >= 0.6 is 11.8 Å². The van der Waals surface area contributed by atoms with Crippen LogP contribution in [0.3, 0.4) is 0 Å². The van der Waals surface area contributed by atoms with Crippen LogP contribution in [-0.4, -0.2) is 28.8 Å². The first-order chi connectivity index (χ1) is 9.43. The summed E-state index contributed by atoms with van der Waals surface area (Å²) in [6, 6.07) is 5.30. The summed E-state index contributed by atoms with van der Waals surface area (Å²) >= 11 is 1.44. The van der Waals surface area contributed by atoms with Crippen molar-refractivity contribution < 1.29 is 14.7 Å². The second-order valence-corrected chi connectivity index (χ2v) is 5.82. The van der Waals surface area contributed by atoms with Gasteiger partial charge in [-0.3, -0.25) is 4.79 Å².